The van der Waals surface area contributed by atoms with Crippen LogP contribution < -0.4 is 26.0 Å². The van der Waals surface area contributed by atoms with E-state index in [0.717, 1.165) is 10.1 Å². The summed E-state index contributed by atoms with van der Waals surface area (Å²) in [4.78, 5) is 44.3. The van der Waals surface area contributed by atoms with E-state index in [1.807, 2.05) is 30.3 Å². The average Bonchev–Trinajstić information content (AvgIpc) is 3.59. The number of hydrogen-bond donors (Lipinski definition) is 1. The summed E-state index contributed by atoms with van der Waals surface area (Å²) in [6.45, 7) is -0.727. The molecule has 0 saturated heterocycles. The number of aromatic nitrogens is 4. The molecule has 3 heterocycles. The van der Waals surface area contributed by atoms with Gasteiger partial charge >= 0.3 is 5.69 Å². The molecule has 0 unspecified atom stereocenters. The maximum Gasteiger partial charge on any atom is 0.332 e. The monoisotopic (exact) mass is 531 g/mol. The van der Waals surface area contributed by atoms with Crippen LogP contribution >= 0.6 is 11.6 Å². The first-order valence-electron chi connectivity index (χ1n) is 11.5. The number of hydrogen-bond acceptors (Lipinski definition) is 8. The number of para-hydroxylation sites is 1. The summed E-state index contributed by atoms with van der Waals surface area (Å²) < 4.78 is 18.3. The van der Waals surface area contributed by atoms with Gasteiger partial charge in [-0.15, -0.1) is 0 Å². The van der Waals surface area contributed by atoms with Crippen LogP contribution in [0.2, 0.25) is 5.02 Å². The molecule has 38 heavy (non-hydrogen) atoms. The Balaban J connectivity index is 1.42. The SMILES string of the molecule is O=C(Cn1c(=O)n(Cc2nc(-c3ccccc3)no2)c(=O)c2cc3c(cc21)OCO3)Nc1ccccc1Cl. The van der Waals surface area contributed by atoms with Gasteiger partial charge in [-0.3, -0.25) is 18.7 Å². The molecule has 0 aliphatic carbocycles. The van der Waals surface area contributed by atoms with Crippen LogP contribution in [0.1, 0.15) is 5.89 Å². The van der Waals surface area contributed by atoms with Crippen LogP contribution in [0.3, 0.4) is 0 Å². The lowest BCUT2D eigenvalue weighted by Crippen LogP contribution is -2.42. The second-order valence-electron chi connectivity index (χ2n) is 8.39. The molecule has 0 fully saturated rings. The highest BCUT2D eigenvalue weighted by Gasteiger charge is 2.23. The van der Waals surface area contributed by atoms with Crippen molar-refractivity contribution in [3.05, 3.63) is 98.5 Å². The van der Waals surface area contributed by atoms with Crippen molar-refractivity contribution in [3.63, 3.8) is 0 Å². The summed E-state index contributed by atoms with van der Waals surface area (Å²) in [6, 6.07) is 18.9. The molecule has 0 bridgehead atoms. The lowest BCUT2D eigenvalue weighted by molar-refractivity contribution is -0.116. The number of anilines is 1. The number of carbonyl (C=O) groups excluding carboxylic acids is 1. The fraction of sp³-hybridized carbons (Fsp3) is 0.115. The van der Waals surface area contributed by atoms with Crippen LogP contribution in [0.4, 0.5) is 5.69 Å². The fourth-order valence-corrected chi connectivity index (χ4v) is 4.34. The molecular weight excluding hydrogens is 514 g/mol. The number of benzene rings is 3. The molecular formula is C26H18ClN5O6. The van der Waals surface area contributed by atoms with Gasteiger partial charge in [-0.1, -0.05) is 59.2 Å². The molecule has 1 aliphatic heterocycles. The van der Waals surface area contributed by atoms with Crippen molar-refractivity contribution in [2.45, 2.75) is 13.1 Å². The summed E-state index contributed by atoms with van der Waals surface area (Å²) >= 11 is 6.16. The van der Waals surface area contributed by atoms with Gasteiger partial charge in [0.2, 0.25) is 24.4 Å². The minimum Gasteiger partial charge on any atom is -0.454 e. The smallest absolute Gasteiger partial charge is 0.332 e. The van der Waals surface area contributed by atoms with E-state index in [4.69, 9.17) is 25.6 Å². The topological polar surface area (TPSA) is 130 Å². The second-order valence-corrected chi connectivity index (χ2v) is 8.80. The number of amides is 1. The molecule has 1 amide bonds. The predicted octanol–water partition coefficient (Wildman–Crippen LogP) is 3.28. The molecule has 2 aromatic heterocycles. The van der Waals surface area contributed by atoms with Crippen LogP contribution in [0.25, 0.3) is 22.3 Å². The highest BCUT2D eigenvalue weighted by Crippen LogP contribution is 2.34. The largest absolute Gasteiger partial charge is 0.454 e. The molecule has 190 valence electrons. The number of nitrogens with one attached hydrogen (secondary N) is 1. The van der Waals surface area contributed by atoms with Crippen LogP contribution in [0.5, 0.6) is 11.5 Å². The third-order valence-corrected chi connectivity index (χ3v) is 6.29. The van der Waals surface area contributed by atoms with E-state index in [9.17, 15) is 14.4 Å². The zero-order chi connectivity index (χ0) is 26.2. The van der Waals surface area contributed by atoms with Gasteiger partial charge in [0, 0.05) is 11.6 Å². The van der Waals surface area contributed by atoms with Gasteiger partial charge < -0.3 is 19.3 Å². The Hall–Kier alpha value is -4.90. The van der Waals surface area contributed by atoms with E-state index in [-0.39, 0.29) is 30.1 Å². The van der Waals surface area contributed by atoms with E-state index >= 15 is 0 Å². The Morgan fingerprint density at radius 1 is 0.974 bits per heavy atom. The summed E-state index contributed by atoms with van der Waals surface area (Å²) in [6.07, 6.45) is 0. The molecule has 5 aromatic rings. The number of halogens is 1. The van der Waals surface area contributed by atoms with Crippen molar-refractivity contribution in [2.75, 3.05) is 12.1 Å². The zero-order valence-electron chi connectivity index (χ0n) is 19.6. The number of nitrogens with zero attached hydrogens (tertiary/aromatic N) is 4. The number of ether oxygens (including phenoxy) is 2. The molecule has 11 nitrogen and oxygen atoms in total. The first kappa shape index (κ1) is 23.5. The Labute approximate surface area is 218 Å². The second kappa shape index (κ2) is 9.52. The number of rotatable bonds is 6. The molecule has 1 aliphatic rings. The lowest BCUT2D eigenvalue weighted by atomic mass is 10.2. The summed E-state index contributed by atoms with van der Waals surface area (Å²) in [5.41, 5.74) is -0.0255. The molecule has 6 rings (SSSR count). The fourth-order valence-electron chi connectivity index (χ4n) is 4.15. The van der Waals surface area contributed by atoms with Crippen molar-refractivity contribution in [3.8, 4) is 22.9 Å². The number of carbonyl (C=O) groups is 1. The molecule has 1 N–H and O–H groups in total. The quantitative estimate of drug-likeness (QED) is 0.353. The highest BCUT2D eigenvalue weighted by atomic mass is 35.5. The lowest BCUT2D eigenvalue weighted by Gasteiger charge is -2.14. The predicted molar refractivity (Wildman–Crippen MR) is 138 cm³/mol. The van der Waals surface area contributed by atoms with Crippen molar-refractivity contribution in [1.82, 2.24) is 19.3 Å². The van der Waals surface area contributed by atoms with Gasteiger partial charge in [-0.05, 0) is 18.2 Å². The van der Waals surface area contributed by atoms with E-state index < -0.39 is 23.7 Å². The normalized spacial score (nSPS) is 12.1. The molecule has 3 aromatic carbocycles. The Morgan fingerprint density at radius 3 is 2.50 bits per heavy atom. The average molecular weight is 532 g/mol. The van der Waals surface area contributed by atoms with E-state index in [1.54, 1.807) is 24.3 Å². The molecule has 12 heteroatoms. The third-order valence-electron chi connectivity index (χ3n) is 5.96. The van der Waals surface area contributed by atoms with Gasteiger partial charge in [-0.2, -0.15) is 4.98 Å². The van der Waals surface area contributed by atoms with Gasteiger partial charge in [0.1, 0.15) is 13.1 Å². The first-order chi connectivity index (χ1) is 18.5. The van der Waals surface area contributed by atoms with Gasteiger partial charge in [0.25, 0.3) is 5.56 Å². The first-order valence-corrected chi connectivity index (χ1v) is 11.8. The van der Waals surface area contributed by atoms with Crippen LogP contribution in [0, 0.1) is 0 Å². The van der Waals surface area contributed by atoms with Crippen LogP contribution in [0.15, 0.2) is 80.8 Å². The molecule has 0 spiro atoms. The van der Waals surface area contributed by atoms with Crippen molar-refractivity contribution >= 4 is 34.1 Å². The molecule has 0 radical (unpaired) electrons. The maximum atomic E-state index is 13.6. The standard InChI is InChI=1S/C26H18ClN5O6/c27-17-8-4-5-9-18(17)28-22(33)12-31-19-11-21-20(36-14-37-21)10-16(19)25(34)32(26(31)35)13-23-29-24(30-38-23)15-6-2-1-3-7-15/h1-11H,12-14H2,(H,28,33). The van der Waals surface area contributed by atoms with E-state index in [1.165, 1.54) is 16.7 Å². The highest BCUT2D eigenvalue weighted by molar-refractivity contribution is 6.33. The Morgan fingerprint density at radius 2 is 1.71 bits per heavy atom. The zero-order valence-corrected chi connectivity index (χ0v) is 20.3. The number of fused-ring (bicyclic) bond motifs is 2. The van der Waals surface area contributed by atoms with Crippen molar-refractivity contribution < 1.29 is 18.8 Å². The minimum atomic E-state index is -0.741. The summed E-state index contributed by atoms with van der Waals surface area (Å²) in [7, 11) is 0. The molecule has 0 atom stereocenters. The van der Waals surface area contributed by atoms with Crippen LogP contribution in [-0.4, -0.2) is 32.0 Å². The summed E-state index contributed by atoms with van der Waals surface area (Å²) in [5, 5.41) is 7.15. The minimum absolute atomic E-state index is 0.0265. The molecule has 0 saturated carbocycles. The van der Waals surface area contributed by atoms with Gasteiger partial charge in [-0.25, -0.2) is 4.79 Å². The van der Waals surface area contributed by atoms with Gasteiger partial charge in [0.15, 0.2) is 11.5 Å². The van der Waals surface area contributed by atoms with Crippen molar-refractivity contribution in [2.24, 2.45) is 0 Å². The van der Waals surface area contributed by atoms with E-state index in [0.29, 0.717) is 28.0 Å². The van der Waals surface area contributed by atoms with Gasteiger partial charge in [0.05, 0.1) is 21.6 Å². The van der Waals surface area contributed by atoms with Crippen LogP contribution in [-0.2, 0) is 17.9 Å². The Kier molecular flexibility index (Phi) is 5.89. The third kappa shape index (κ3) is 4.28. The maximum absolute atomic E-state index is 13.6. The van der Waals surface area contributed by atoms with Crippen molar-refractivity contribution in [1.29, 1.82) is 0 Å². The van der Waals surface area contributed by atoms with E-state index in [2.05, 4.69) is 15.5 Å². The summed E-state index contributed by atoms with van der Waals surface area (Å²) in [5.74, 6) is 0.565. The Bertz CT molecular complexity index is 1810.